The smallest absolute Gasteiger partial charge is 0.0943 e. The molecule has 0 aliphatic rings. The summed E-state index contributed by atoms with van der Waals surface area (Å²) in [5.74, 6) is 0. The Bertz CT molecular complexity index is 834. The quantitative estimate of drug-likeness (QED) is 0.143. The number of imidazole rings is 2. The number of nitrogens with zero attached hydrogens (tertiary/aromatic N) is 11. The predicted octanol–water partition coefficient (Wildman–Crippen LogP) is 10.7. The minimum absolute atomic E-state index is 0. The summed E-state index contributed by atoms with van der Waals surface area (Å²) >= 11 is 0. The molecule has 0 atom stereocenters. The van der Waals surface area contributed by atoms with Crippen LogP contribution < -0.4 is 0 Å². The Labute approximate surface area is 477 Å². The van der Waals surface area contributed by atoms with Crippen molar-refractivity contribution in [2.24, 2.45) is 35.2 Å². The van der Waals surface area contributed by atoms with Gasteiger partial charge in [0.15, 0.2) is 0 Å². The fraction of sp³-hybridized carbons (Fsp3) is 0.425. The molecule has 5 rings (SSSR count). The zero-order valence-corrected chi connectivity index (χ0v) is 52.0. The van der Waals surface area contributed by atoms with Crippen LogP contribution in [0.5, 0.6) is 0 Å². The maximum Gasteiger partial charge on any atom is 0.0943 e. The van der Waals surface area contributed by atoms with Crippen LogP contribution in [0.3, 0.4) is 0 Å². The average Bonchev–Trinajstić information content (AvgIpc) is 3.83. The van der Waals surface area contributed by atoms with Crippen LogP contribution >= 0.6 is 0 Å². The Hall–Kier alpha value is 1.50. The summed E-state index contributed by atoms with van der Waals surface area (Å²) in [6.07, 6.45) is 28.8. The molecular weight excluding hydrogens is 1080 g/mol. The zero-order chi connectivity index (χ0) is 35.6. The Morgan fingerprint density at radius 1 is 0.357 bits per heavy atom. The van der Waals surface area contributed by atoms with E-state index < -0.39 is 0 Å². The van der Waals surface area contributed by atoms with Crippen LogP contribution in [-0.2, 0) is 199 Å². The van der Waals surface area contributed by atoms with Gasteiger partial charge in [0, 0.05) is 241 Å². The Morgan fingerprint density at radius 2 is 0.554 bits per heavy atom. The Kier molecular flexibility index (Phi) is 192. The summed E-state index contributed by atoms with van der Waals surface area (Å²) in [4.78, 5) is 8.85. The first-order chi connectivity index (χ1) is 21.5. The van der Waals surface area contributed by atoms with Crippen molar-refractivity contribution in [3.63, 3.8) is 0 Å². The van der Waals surface area contributed by atoms with Gasteiger partial charge in [0.2, 0.25) is 0 Å². The van der Waals surface area contributed by atoms with E-state index in [1.807, 2.05) is 209 Å². The Morgan fingerprint density at radius 3 is 0.607 bits per heavy atom. The van der Waals surface area contributed by atoms with Crippen molar-refractivity contribution in [1.82, 2.24) is 53.9 Å². The summed E-state index contributed by atoms with van der Waals surface area (Å²) < 4.78 is 7.78. The van der Waals surface area contributed by atoms with Crippen molar-refractivity contribution in [2.75, 3.05) is 0 Å². The molecule has 0 aromatic carbocycles. The number of aryl methyl sites for hydroxylation is 5. The van der Waals surface area contributed by atoms with Crippen LogP contribution in [0.15, 0.2) is 86.5 Å². The van der Waals surface area contributed by atoms with Gasteiger partial charge in [-0.3, -0.25) is 0 Å². The summed E-state index contributed by atoms with van der Waals surface area (Å²) in [5.41, 5.74) is 0. The van der Waals surface area contributed by atoms with Gasteiger partial charge in [-0.05, 0) is 45.1 Å². The second kappa shape index (κ2) is 101. The first-order valence-corrected chi connectivity index (χ1v) is 14.8. The summed E-state index contributed by atoms with van der Waals surface area (Å²) in [7, 11) is 9.53. The van der Waals surface area contributed by atoms with E-state index in [0.29, 0.717) is 0 Å². The van der Waals surface area contributed by atoms with E-state index in [0.717, 1.165) is 0 Å². The maximum atomic E-state index is 3.78. The molecule has 5 aromatic heterocycles. The molecule has 5 heterocycles. The van der Waals surface area contributed by atoms with Gasteiger partial charge in [0.1, 0.15) is 0 Å². The number of hydrogen-bond acceptors (Lipinski definition) is 6. The van der Waals surface area contributed by atoms with Crippen LogP contribution in [0.25, 0.3) is 0 Å². The minimum atomic E-state index is 0. The fourth-order valence-electron chi connectivity index (χ4n) is 1.66. The molecule has 0 saturated carbocycles. The summed E-state index contributed by atoms with van der Waals surface area (Å²) in [6.45, 7) is 20.0. The molecule has 0 N–H and O–H groups in total. The van der Waals surface area contributed by atoms with E-state index in [9.17, 15) is 0 Å². The molecule has 0 spiro atoms. The molecule has 0 aliphatic carbocycles. The average molecular weight is 1160 g/mol. The van der Waals surface area contributed by atoms with E-state index in [1.54, 1.807) is 32.1 Å². The molecule has 0 saturated heterocycles. The molecule has 5 radical (unpaired) electrons. The third-order valence-corrected chi connectivity index (χ3v) is 3.16. The number of aromatic nitrogens is 11. The van der Waals surface area contributed by atoms with Gasteiger partial charge >= 0.3 is 0 Å². The topological polar surface area (TPSA) is 102 Å². The van der Waals surface area contributed by atoms with E-state index >= 15 is 0 Å². The first-order valence-electron chi connectivity index (χ1n) is 14.8. The van der Waals surface area contributed by atoms with Crippen molar-refractivity contribution in [1.29, 1.82) is 0 Å². The van der Waals surface area contributed by atoms with Crippen LogP contribution in [0, 0.1) is 61.8 Å². The largest absolute Gasteiger partial charge is 0.358 e. The molecule has 5 aromatic rings. The minimum Gasteiger partial charge on any atom is -0.358 e. The van der Waals surface area contributed by atoms with Crippen LogP contribution in [0.1, 0.15) is 84.1 Å². The molecule has 16 heteroatoms. The number of hydrogen-bond donors (Lipinski definition) is 0. The predicted molar refractivity (Wildman–Crippen MR) is 231 cm³/mol. The van der Waals surface area contributed by atoms with Crippen molar-refractivity contribution in [3.8, 4) is 0 Å². The summed E-state index contributed by atoms with van der Waals surface area (Å²) in [5, 5.41) is 13.1. The van der Waals surface area contributed by atoms with Gasteiger partial charge in [-0.2, -0.15) is 69.2 Å². The first kappa shape index (κ1) is 107. The normalized spacial score (nSPS) is 6.34. The molecule has 56 heavy (non-hydrogen) atoms. The van der Waals surface area contributed by atoms with Crippen molar-refractivity contribution in [3.05, 3.63) is 148 Å². The van der Waals surface area contributed by atoms with Crippen LogP contribution in [0.2, 0.25) is 0 Å². The maximum absolute atomic E-state index is 3.78. The summed E-state index contributed by atoms with van der Waals surface area (Å²) in [6, 6.07) is 8.00. The molecular formula is C40H84N11Y5-9. The third kappa shape index (κ3) is 124. The molecule has 0 unspecified atom stereocenters. The van der Waals surface area contributed by atoms with Crippen molar-refractivity contribution < 1.29 is 164 Å². The molecule has 0 amide bonds. The van der Waals surface area contributed by atoms with E-state index in [1.165, 1.54) is 4.80 Å². The monoisotopic (exact) mass is 1160 g/mol. The Balaban J connectivity index is -0.0000000225. The SMILES string of the molecule is C.C.C[CH-]C.C[CH-]C.C[CH-]C.C[CH-]C.C[CH-]C.Cn1cccc1.Cn1cccc1.Cn1ccnc1.Cn1ccnc1.Cn1nnnn1.[CH3-].[CH3-].[CH3-].[CH3-].[Y].[Y].[Y].[Y].[Y]. The zero-order valence-electron chi connectivity index (χ0n) is 37.8. The van der Waals surface area contributed by atoms with Gasteiger partial charge in [-0.1, -0.05) is 14.9 Å². The van der Waals surface area contributed by atoms with Crippen LogP contribution in [-0.4, -0.2) is 53.9 Å². The van der Waals surface area contributed by atoms with Gasteiger partial charge in [0.05, 0.1) is 19.7 Å². The van der Waals surface area contributed by atoms with Gasteiger partial charge in [-0.25, -0.2) is 9.97 Å². The third-order valence-electron chi connectivity index (χ3n) is 3.16. The second-order valence-corrected chi connectivity index (χ2v) is 8.89. The standard InChI is InChI=1S/2C5H7N.2C4H6N2.5C3H7.CH3N5.2CH4.4CH3.5Y/c2*1-6-4-2-3-5-6;2*1-6-3-2-5-4-6;5*1-3-2;1-6-4-2-3-5-6;;;;;;;;;;;/h2*2-5H,1H3;2*2-4H,1H3;5*3H,1-2H3;1H3;2*1H4;4*1H3;;;;;/q;;;;5*-1;;;;4*-1;;;;;. The number of rotatable bonds is 0. The second-order valence-electron chi connectivity index (χ2n) is 8.89. The molecule has 0 bridgehead atoms. The molecule has 323 valence electrons. The molecule has 11 nitrogen and oxygen atoms in total. The van der Waals surface area contributed by atoms with Gasteiger partial charge < -0.3 is 80.1 Å². The van der Waals surface area contributed by atoms with E-state index in [2.05, 4.69) is 30.8 Å². The van der Waals surface area contributed by atoms with Crippen molar-refractivity contribution >= 4 is 0 Å². The van der Waals surface area contributed by atoms with E-state index in [4.69, 9.17) is 0 Å². The fourth-order valence-corrected chi connectivity index (χ4v) is 1.66. The van der Waals surface area contributed by atoms with E-state index in [-0.39, 0.29) is 208 Å². The van der Waals surface area contributed by atoms with Crippen molar-refractivity contribution in [2.45, 2.75) is 84.1 Å². The van der Waals surface area contributed by atoms with Crippen LogP contribution in [0.4, 0.5) is 0 Å². The molecule has 0 fully saturated rings. The molecule has 0 aliphatic heterocycles. The van der Waals surface area contributed by atoms with Gasteiger partial charge in [-0.15, -0.1) is 4.80 Å². The van der Waals surface area contributed by atoms with Gasteiger partial charge in [0.25, 0.3) is 0 Å².